The molecule has 2 atom stereocenters. The molecule has 1 fully saturated rings. The molecule has 0 aliphatic carbocycles. The van der Waals surface area contributed by atoms with Crippen LogP contribution in [0.2, 0.25) is 5.02 Å². The number of benzene rings is 1. The average Bonchev–Trinajstić information content (AvgIpc) is 3.35. The summed E-state index contributed by atoms with van der Waals surface area (Å²) in [5.41, 5.74) is 0.862. The smallest absolute Gasteiger partial charge is 0.233 e. The molecule has 152 valence electrons. The Labute approximate surface area is 179 Å². The van der Waals surface area contributed by atoms with Crippen LogP contribution in [0.15, 0.2) is 52.2 Å². The molecule has 6 nitrogen and oxygen atoms in total. The maximum absolute atomic E-state index is 12.8. The molecule has 8 heteroatoms. The Morgan fingerprint density at radius 1 is 1.17 bits per heavy atom. The zero-order valence-electron chi connectivity index (χ0n) is 16.4. The maximum Gasteiger partial charge on any atom is 0.233 e. The summed E-state index contributed by atoms with van der Waals surface area (Å²) < 4.78 is 7.43. The van der Waals surface area contributed by atoms with Gasteiger partial charge in [-0.25, -0.2) is 0 Å². The van der Waals surface area contributed by atoms with Crippen molar-refractivity contribution in [1.82, 2.24) is 19.7 Å². The van der Waals surface area contributed by atoms with Gasteiger partial charge in [0.1, 0.15) is 0 Å². The van der Waals surface area contributed by atoms with Gasteiger partial charge in [-0.3, -0.25) is 9.36 Å². The number of likely N-dealkylation sites (tertiary alicyclic amines) is 1. The highest BCUT2D eigenvalue weighted by molar-refractivity contribution is 7.99. The monoisotopic (exact) mass is 430 g/mol. The molecule has 2 unspecified atom stereocenters. The number of amides is 1. The molecule has 1 aliphatic rings. The quantitative estimate of drug-likeness (QED) is 0.545. The zero-order valence-corrected chi connectivity index (χ0v) is 18.0. The van der Waals surface area contributed by atoms with Gasteiger partial charge in [-0.05, 0) is 54.7 Å². The van der Waals surface area contributed by atoms with Crippen molar-refractivity contribution in [1.29, 1.82) is 0 Å². The van der Waals surface area contributed by atoms with Crippen LogP contribution in [0.4, 0.5) is 0 Å². The van der Waals surface area contributed by atoms with Crippen LogP contribution < -0.4 is 0 Å². The number of carbonyl (C=O) groups excluding carboxylic acids is 1. The van der Waals surface area contributed by atoms with Crippen LogP contribution in [-0.2, 0) is 4.79 Å². The van der Waals surface area contributed by atoms with Crippen molar-refractivity contribution in [2.24, 2.45) is 11.8 Å². The average molecular weight is 431 g/mol. The zero-order chi connectivity index (χ0) is 20.4. The second-order valence-electron chi connectivity index (χ2n) is 7.63. The number of furan rings is 1. The van der Waals surface area contributed by atoms with Crippen LogP contribution in [0, 0.1) is 11.8 Å². The first-order chi connectivity index (χ1) is 14.0. The first-order valence-electron chi connectivity index (χ1n) is 9.67. The van der Waals surface area contributed by atoms with Gasteiger partial charge >= 0.3 is 0 Å². The summed E-state index contributed by atoms with van der Waals surface area (Å²) in [4.78, 5) is 14.8. The van der Waals surface area contributed by atoms with Crippen molar-refractivity contribution in [3.63, 3.8) is 0 Å². The van der Waals surface area contributed by atoms with Gasteiger partial charge in [0.05, 0.1) is 12.0 Å². The first-order valence-corrected chi connectivity index (χ1v) is 11.0. The SMILES string of the molecule is CC1CC(C)CN(C(=O)CSc2nnc(-c3ccco3)n2-c2ccc(Cl)cc2)C1. The predicted octanol–water partition coefficient (Wildman–Crippen LogP) is 4.78. The molecule has 1 aliphatic heterocycles. The molecule has 1 amide bonds. The van der Waals surface area contributed by atoms with Crippen molar-refractivity contribution in [3.05, 3.63) is 47.7 Å². The Bertz CT molecular complexity index is 961. The number of hydrogen-bond donors (Lipinski definition) is 0. The minimum absolute atomic E-state index is 0.138. The van der Waals surface area contributed by atoms with E-state index >= 15 is 0 Å². The molecule has 1 saturated heterocycles. The molecular formula is C21H23ClN4O2S. The summed E-state index contributed by atoms with van der Waals surface area (Å²) in [5, 5.41) is 9.94. The topological polar surface area (TPSA) is 64.2 Å². The standard InChI is InChI=1S/C21H23ClN4O2S/c1-14-10-15(2)12-25(11-14)19(27)13-29-21-24-23-20(18-4-3-9-28-18)26(21)17-7-5-16(22)6-8-17/h3-9,14-15H,10-13H2,1-2H3. The molecule has 2 aromatic heterocycles. The number of rotatable bonds is 5. The van der Waals surface area contributed by atoms with E-state index in [1.165, 1.54) is 18.2 Å². The normalized spacial score (nSPS) is 19.5. The highest BCUT2D eigenvalue weighted by Crippen LogP contribution is 2.29. The van der Waals surface area contributed by atoms with Crippen LogP contribution in [0.3, 0.4) is 0 Å². The van der Waals surface area contributed by atoms with Crippen molar-refractivity contribution in [2.75, 3.05) is 18.8 Å². The fraction of sp³-hybridized carbons (Fsp3) is 0.381. The number of piperidine rings is 1. The number of nitrogens with zero attached hydrogens (tertiary/aromatic N) is 4. The van der Waals surface area contributed by atoms with E-state index in [1.54, 1.807) is 6.26 Å². The maximum atomic E-state index is 12.8. The van der Waals surface area contributed by atoms with E-state index < -0.39 is 0 Å². The molecule has 1 aromatic carbocycles. The molecule has 0 bridgehead atoms. The van der Waals surface area contributed by atoms with E-state index in [4.69, 9.17) is 16.0 Å². The lowest BCUT2D eigenvalue weighted by molar-refractivity contribution is -0.130. The molecule has 3 heterocycles. The largest absolute Gasteiger partial charge is 0.461 e. The fourth-order valence-corrected chi connectivity index (χ4v) is 4.82. The highest BCUT2D eigenvalue weighted by atomic mass is 35.5. The summed E-state index contributed by atoms with van der Waals surface area (Å²) in [7, 11) is 0. The van der Waals surface area contributed by atoms with Crippen molar-refractivity contribution >= 4 is 29.3 Å². The molecule has 0 spiro atoms. The Kier molecular flexibility index (Phi) is 5.96. The molecular weight excluding hydrogens is 408 g/mol. The van der Waals surface area contributed by atoms with E-state index in [-0.39, 0.29) is 5.91 Å². The van der Waals surface area contributed by atoms with Gasteiger partial charge in [-0.2, -0.15) is 0 Å². The third kappa shape index (κ3) is 4.51. The minimum Gasteiger partial charge on any atom is -0.461 e. The summed E-state index contributed by atoms with van der Waals surface area (Å²) >= 11 is 7.44. The van der Waals surface area contributed by atoms with Crippen LogP contribution in [0.5, 0.6) is 0 Å². The van der Waals surface area contributed by atoms with Crippen molar-refractivity contribution in [3.8, 4) is 17.3 Å². The van der Waals surface area contributed by atoms with Crippen molar-refractivity contribution in [2.45, 2.75) is 25.4 Å². The fourth-order valence-electron chi connectivity index (χ4n) is 3.84. The van der Waals surface area contributed by atoms with Gasteiger partial charge in [-0.1, -0.05) is 37.2 Å². The lowest BCUT2D eigenvalue weighted by Crippen LogP contribution is -2.43. The molecule has 0 radical (unpaired) electrons. The van der Waals surface area contributed by atoms with E-state index in [2.05, 4.69) is 24.0 Å². The van der Waals surface area contributed by atoms with E-state index in [1.807, 2.05) is 45.9 Å². The second kappa shape index (κ2) is 8.63. The highest BCUT2D eigenvalue weighted by Gasteiger charge is 2.26. The number of carbonyl (C=O) groups is 1. The van der Waals surface area contributed by atoms with E-state index in [9.17, 15) is 4.79 Å². The third-order valence-corrected chi connectivity index (χ3v) is 6.17. The van der Waals surface area contributed by atoms with E-state index in [0.29, 0.717) is 39.4 Å². The Morgan fingerprint density at radius 3 is 2.55 bits per heavy atom. The molecule has 0 N–H and O–H groups in total. The van der Waals surface area contributed by atoms with Crippen molar-refractivity contribution < 1.29 is 9.21 Å². The molecule has 29 heavy (non-hydrogen) atoms. The van der Waals surface area contributed by atoms with Gasteiger partial charge in [0.25, 0.3) is 0 Å². The van der Waals surface area contributed by atoms with E-state index in [0.717, 1.165) is 18.8 Å². The summed E-state index contributed by atoms with van der Waals surface area (Å²) in [6, 6.07) is 11.1. The second-order valence-corrected chi connectivity index (χ2v) is 9.01. The van der Waals surface area contributed by atoms with Crippen LogP contribution in [-0.4, -0.2) is 44.4 Å². The number of halogens is 1. The van der Waals surface area contributed by atoms with Gasteiger partial charge in [-0.15, -0.1) is 10.2 Å². The predicted molar refractivity (Wildman–Crippen MR) is 114 cm³/mol. The van der Waals surface area contributed by atoms with Gasteiger partial charge in [0, 0.05) is 23.8 Å². The summed E-state index contributed by atoms with van der Waals surface area (Å²) in [6.07, 6.45) is 2.78. The molecule has 0 saturated carbocycles. The minimum atomic E-state index is 0.138. The van der Waals surface area contributed by atoms with Gasteiger partial charge in [0.2, 0.25) is 11.7 Å². The van der Waals surface area contributed by atoms with Crippen LogP contribution >= 0.6 is 23.4 Å². The van der Waals surface area contributed by atoms with Gasteiger partial charge in [0.15, 0.2) is 10.9 Å². The van der Waals surface area contributed by atoms with Crippen LogP contribution in [0.25, 0.3) is 17.3 Å². The Hall–Kier alpha value is -2.25. The Balaban J connectivity index is 1.57. The molecule has 3 aromatic rings. The lowest BCUT2D eigenvalue weighted by Gasteiger charge is -2.34. The number of hydrogen-bond acceptors (Lipinski definition) is 5. The third-order valence-electron chi connectivity index (χ3n) is 5.01. The Morgan fingerprint density at radius 2 is 1.90 bits per heavy atom. The van der Waals surface area contributed by atoms with Crippen LogP contribution in [0.1, 0.15) is 20.3 Å². The van der Waals surface area contributed by atoms with Gasteiger partial charge < -0.3 is 9.32 Å². The molecule has 4 rings (SSSR count). The lowest BCUT2D eigenvalue weighted by atomic mass is 9.92. The first kappa shape index (κ1) is 20.0. The summed E-state index contributed by atoms with van der Waals surface area (Å²) in [5.74, 6) is 2.74. The number of thioether (sulfide) groups is 1. The summed E-state index contributed by atoms with van der Waals surface area (Å²) in [6.45, 7) is 6.06. The number of aromatic nitrogens is 3.